The largest absolute Gasteiger partial charge is 0.352 e. The molecule has 202 valence electrons. The summed E-state index contributed by atoms with van der Waals surface area (Å²) in [6, 6.07) is 14.2. The molecule has 0 aromatic heterocycles. The van der Waals surface area contributed by atoms with E-state index < -0.39 is 16.1 Å². The lowest BCUT2D eigenvalue weighted by Crippen LogP contribution is -2.51. The van der Waals surface area contributed by atoms with Crippen LogP contribution in [0, 0.1) is 6.92 Å². The third kappa shape index (κ3) is 8.47. The summed E-state index contributed by atoms with van der Waals surface area (Å²) in [6.07, 6.45) is 6.22. The van der Waals surface area contributed by atoms with Gasteiger partial charge in [0, 0.05) is 30.6 Å². The standard InChI is InChI=1S/C28H38ClN3O4S/c1-4-26(28(34)30-24-10-5-6-11-24)31(20-22-16-14-21(2)15-17-22)27(33)13-8-18-32(37(3,35)36)25-12-7-9-23(29)19-25/h7,9,12,14-17,19,24,26H,4-6,8,10-11,13,18,20H2,1-3H3,(H,30,34)/t26-/m0/s1. The summed E-state index contributed by atoms with van der Waals surface area (Å²) in [6.45, 7) is 4.37. The minimum absolute atomic E-state index is 0.117. The van der Waals surface area contributed by atoms with Gasteiger partial charge in [-0.05, 0) is 56.4 Å². The van der Waals surface area contributed by atoms with E-state index >= 15 is 0 Å². The molecule has 7 nitrogen and oxygen atoms in total. The Bertz CT molecular complexity index is 1160. The van der Waals surface area contributed by atoms with E-state index in [-0.39, 0.29) is 30.8 Å². The van der Waals surface area contributed by atoms with Gasteiger partial charge in [-0.25, -0.2) is 8.42 Å². The number of anilines is 1. The van der Waals surface area contributed by atoms with Crippen LogP contribution in [0.15, 0.2) is 48.5 Å². The van der Waals surface area contributed by atoms with Crippen LogP contribution in [0.25, 0.3) is 0 Å². The summed E-state index contributed by atoms with van der Waals surface area (Å²) >= 11 is 6.07. The fraction of sp³-hybridized carbons (Fsp3) is 0.500. The van der Waals surface area contributed by atoms with E-state index in [1.54, 1.807) is 29.2 Å². The summed E-state index contributed by atoms with van der Waals surface area (Å²) in [5.74, 6) is -0.292. The van der Waals surface area contributed by atoms with Gasteiger partial charge in [0.25, 0.3) is 0 Å². The third-order valence-corrected chi connectivity index (χ3v) is 8.24. The molecule has 1 fully saturated rings. The zero-order valence-electron chi connectivity index (χ0n) is 22.0. The van der Waals surface area contributed by atoms with E-state index in [4.69, 9.17) is 11.6 Å². The SMILES string of the molecule is CC[C@@H](C(=O)NC1CCCC1)N(Cc1ccc(C)cc1)C(=O)CCCN(c1cccc(Cl)c1)S(C)(=O)=O. The minimum Gasteiger partial charge on any atom is -0.352 e. The van der Waals surface area contributed by atoms with Crippen LogP contribution in [-0.4, -0.2) is 50.0 Å². The molecule has 1 N–H and O–H groups in total. The molecule has 37 heavy (non-hydrogen) atoms. The third-order valence-electron chi connectivity index (χ3n) is 6.81. The maximum absolute atomic E-state index is 13.5. The van der Waals surface area contributed by atoms with Gasteiger partial charge in [-0.15, -0.1) is 0 Å². The highest BCUT2D eigenvalue weighted by atomic mass is 35.5. The van der Waals surface area contributed by atoms with E-state index in [9.17, 15) is 18.0 Å². The van der Waals surface area contributed by atoms with Crippen LogP contribution in [0.2, 0.25) is 5.02 Å². The van der Waals surface area contributed by atoms with Crippen molar-refractivity contribution >= 4 is 39.1 Å². The maximum Gasteiger partial charge on any atom is 0.243 e. The van der Waals surface area contributed by atoms with Gasteiger partial charge in [0.1, 0.15) is 6.04 Å². The molecule has 0 unspecified atom stereocenters. The smallest absolute Gasteiger partial charge is 0.243 e. The van der Waals surface area contributed by atoms with E-state index in [1.807, 2.05) is 38.1 Å². The summed E-state index contributed by atoms with van der Waals surface area (Å²) < 4.78 is 26.2. The molecule has 3 rings (SSSR count). The van der Waals surface area contributed by atoms with Gasteiger partial charge in [-0.2, -0.15) is 0 Å². The number of carbonyl (C=O) groups is 2. The fourth-order valence-electron chi connectivity index (χ4n) is 4.81. The first-order valence-corrected chi connectivity index (χ1v) is 15.2. The normalized spacial score (nSPS) is 14.8. The van der Waals surface area contributed by atoms with Crippen molar-refractivity contribution in [2.75, 3.05) is 17.1 Å². The van der Waals surface area contributed by atoms with Gasteiger partial charge < -0.3 is 10.2 Å². The Morgan fingerprint density at radius 2 is 1.78 bits per heavy atom. The highest BCUT2D eigenvalue weighted by molar-refractivity contribution is 7.92. The van der Waals surface area contributed by atoms with Crippen molar-refractivity contribution in [3.63, 3.8) is 0 Å². The monoisotopic (exact) mass is 547 g/mol. The second-order valence-electron chi connectivity index (χ2n) is 9.84. The number of amides is 2. The van der Waals surface area contributed by atoms with E-state index in [1.165, 1.54) is 4.31 Å². The molecular weight excluding hydrogens is 510 g/mol. The lowest BCUT2D eigenvalue weighted by Gasteiger charge is -2.32. The Morgan fingerprint density at radius 3 is 2.38 bits per heavy atom. The van der Waals surface area contributed by atoms with Crippen LogP contribution in [0.1, 0.15) is 63.0 Å². The van der Waals surface area contributed by atoms with Gasteiger partial charge in [0.05, 0.1) is 11.9 Å². The molecule has 2 aromatic rings. The molecule has 1 atom stereocenters. The van der Waals surface area contributed by atoms with E-state index in [0.717, 1.165) is 43.1 Å². The molecule has 0 aliphatic heterocycles. The molecule has 1 aliphatic carbocycles. The molecule has 0 saturated heterocycles. The first-order valence-electron chi connectivity index (χ1n) is 13.0. The van der Waals surface area contributed by atoms with Gasteiger partial charge in [-0.1, -0.05) is 67.3 Å². The van der Waals surface area contributed by atoms with Crippen LogP contribution in [-0.2, 0) is 26.2 Å². The first-order chi connectivity index (χ1) is 17.6. The second-order valence-corrected chi connectivity index (χ2v) is 12.2. The quantitative estimate of drug-likeness (QED) is 0.402. The Balaban J connectivity index is 1.75. The van der Waals surface area contributed by atoms with Gasteiger partial charge in [-0.3, -0.25) is 13.9 Å². The summed E-state index contributed by atoms with van der Waals surface area (Å²) in [5, 5.41) is 3.58. The molecule has 1 saturated carbocycles. The van der Waals surface area contributed by atoms with Crippen molar-refractivity contribution < 1.29 is 18.0 Å². The lowest BCUT2D eigenvalue weighted by atomic mass is 10.1. The van der Waals surface area contributed by atoms with Crippen molar-refractivity contribution in [3.05, 3.63) is 64.7 Å². The molecule has 2 amide bonds. The van der Waals surface area contributed by atoms with E-state index in [0.29, 0.717) is 30.1 Å². The van der Waals surface area contributed by atoms with E-state index in [2.05, 4.69) is 5.32 Å². The number of hydrogen-bond donors (Lipinski definition) is 1. The lowest BCUT2D eigenvalue weighted by molar-refractivity contribution is -0.141. The number of benzene rings is 2. The van der Waals surface area contributed by atoms with Crippen molar-refractivity contribution in [2.45, 2.75) is 77.4 Å². The number of nitrogens with one attached hydrogen (secondary N) is 1. The summed E-state index contributed by atoms with van der Waals surface area (Å²) in [4.78, 5) is 28.4. The van der Waals surface area contributed by atoms with Crippen LogP contribution >= 0.6 is 11.6 Å². The van der Waals surface area contributed by atoms with Crippen molar-refractivity contribution in [3.8, 4) is 0 Å². The van der Waals surface area contributed by atoms with Crippen LogP contribution in [0.4, 0.5) is 5.69 Å². The molecule has 0 heterocycles. The van der Waals surface area contributed by atoms with Crippen LogP contribution in [0.5, 0.6) is 0 Å². The van der Waals surface area contributed by atoms with Gasteiger partial charge >= 0.3 is 0 Å². The molecule has 2 aromatic carbocycles. The number of nitrogens with zero attached hydrogens (tertiary/aromatic N) is 2. The zero-order chi connectivity index (χ0) is 27.0. The highest BCUT2D eigenvalue weighted by Gasteiger charge is 2.30. The Labute approximate surface area is 226 Å². The first kappa shape index (κ1) is 29.0. The number of rotatable bonds is 12. The fourth-order valence-corrected chi connectivity index (χ4v) is 5.95. The second kappa shape index (κ2) is 13.3. The number of hydrogen-bond acceptors (Lipinski definition) is 4. The average molecular weight is 548 g/mol. The number of sulfonamides is 1. The summed E-state index contributed by atoms with van der Waals surface area (Å²) in [7, 11) is -3.57. The van der Waals surface area contributed by atoms with Crippen LogP contribution < -0.4 is 9.62 Å². The zero-order valence-corrected chi connectivity index (χ0v) is 23.5. The van der Waals surface area contributed by atoms with Crippen molar-refractivity contribution in [1.29, 1.82) is 0 Å². The Kier molecular flexibility index (Phi) is 10.4. The summed E-state index contributed by atoms with van der Waals surface area (Å²) in [5.41, 5.74) is 2.53. The Morgan fingerprint density at radius 1 is 1.11 bits per heavy atom. The highest BCUT2D eigenvalue weighted by Crippen LogP contribution is 2.23. The molecule has 1 aliphatic rings. The number of halogens is 1. The van der Waals surface area contributed by atoms with Crippen molar-refractivity contribution in [2.24, 2.45) is 0 Å². The van der Waals surface area contributed by atoms with Gasteiger partial charge in [0.2, 0.25) is 21.8 Å². The number of aryl methyl sites for hydroxylation is 1. The van der Waals surface area contributed by atoms with Gasteiger partial charge in [0.15, 0.2) is 0 Å². The predicted molar refractivity (Wildman–Crippen MR) is 149 cm³/mol. The molecule has 0 spiro atoms. The number of carbonyl (C=O) groups excluding carboxylic acids is 2. The predicted octanol–water partition coefficient (Wildman–Crippen LogP) is 5.06. The maximum atomic E-state index is 13.5. The van der Waals surface area contributed by atoms with Crippen LogP contribution in [0.3, 0.4) is 0 Å². The topological polar surface area (TPSA) is 86.8 Å². The molecule has 0 bridgehead atoms. The minimum atomic E-state index is -3.57. The molecule has 0 radical (unpaired) electrons. The van der Waals surface area contributed by atoms with Crippen molar-refractivity contribution in [1.82, 2.24) is 10.2 Å². The molecular formula is C28H38ClN3O4S. The Hall–Kier alpha value is -2.58. The molecule has 9 heteroatoms. The average Bonchev–Trinajstić information content (AvgIpc) is 3.35.